The van der Waals surface area contributed by atoms with Crippen molar-refractivity contribution in [2.75, 3.05) is 30.3 Å². The molecule has 0 aromatic carbocycles. The second-order valence-corrected chi connectivity index (χ2v) is 6.58. The highest BCUT2D eigenvalue weighted by Crippen LogP contribution is 2.21. The second kappa shape index (κ2) is 7.42. The van der Waals surface area contributed by atoms with Gasteiger partial charge < -0.3 is 14.6 Å². The average Bonchev–Trinajstić information content (AvgIpc) is 2.85. The van der Waals surface area contributed by atoms with Crippen molar-refractivity contribution in [3.05, 3.63) is 29.8 Å². The minimum atomic E-state index is -3.77. The summed E-state index contributed by atoms with van der Waals surface area (Å²) >= 11 is 0. The number of hydrogen-bond donors (Lipinski definition) is 2. The van der Waals surface area contributed by atoms with Gasteiger partial charge >= 0.3 is 0 Å². The number of rotatable bonds is 8. The summed E-state index contributed by atoms with van der Waals surface area (Å²) in [6.45, 7) is 4.55. The molecule has 0 spiro atoms. The number of sulfonamides is 1. The van der Waals surface area contributed by atoms with Gasteiger partial charge in [0.2, 0.25) is 0 Å². The first-order chi connectivity index (χ1) is 10.9. The van der Waals surface area contributed by atoms with Gasteiger partial charge in [-0.25, -0.2) is 13.4 Å². The Morgan fingerprint density at radius 2 is 2.09 bits per heavy atom. The van der Waals surface area contributed by atoms with Crippen LogP contribution in [-0.4, -0.2) is 38.8 Å². The van der Waals surface area contributed by atoms with E-state index in [1.165, 1.54) is 0 Å². The molecule has 0 bridgehead atoms. The van der Waals surface area contributed by atoms with Crippen molar-refractivity contribution < 1.29 is 17.7 Å². The van der Waals surface area contributed by atoms with Gasteiger partial charge in [-0.2, -0.15) is 0 Å². The van der Waals surface area contributed by atoms with Crippen molar-refractivity contribution in [3.63, 3.8) is 0 Å². The molecular weight excluding hydrogens is 320 g/mol. The average molecular weight is 340 g/mol. The van der Waals surface area contributed by atoms with Crippen LogP contribution in [0.5, 0.6) is 0 Å². The van der Waals surface area contributed by atoms with Crippen LogP contribution in [-0.2, 0) is 14.8 Å². The van der Waals surface area contributed by atoms with Gasteiger partial charge in [-0.1, -0.05) is 5.16 Å². The minimum Gasteiger partial charge on any atom is -0.385 e. The van der Waals surface area contributed by atoms with E-state index in [1.807, 2.05) is 0 Å². The molecular formula is C14H20N4O4S. The molecule has 23 heavy (non-hydrogen) atoms. The van der Waals surface area contributed by atoms with E-state index in [9.17, 15) is 8.42 Å². The molecule has 8 nitrogen and oxygen atoms in total. The van der Waals surface area contributed by atoms with E-state index >= 15 is 0 Å². The van der Waals surface area contributed by atoms with Gasteiger partial charge in [-0.05, 0) is 32.4 Å². The van der Waals surface area contributed by atoms with Crippen molar-refractivity contribution in [2.24, 2.45) is 0 Å². The zero-order valence-electron chi connectivity index (χ0n) is 13.3. The smallest absolute Gasteiger partial charge is 0.268 e. The fraction of sp³-hybridized carbons (Fsp3) is 0.429. The standard InChI is InChI=1S/C14H20N4O4S/c1-10-14(11(2)22-17-10)23(19,20)18-13-6-5-12(9-16-13)15-7-4-8-21-3/h5-6,9,15H,4,7-8H2,1-3H3,(H,16,18). The number of aromatic nitrogens is 2. The van der Waals surface area contributed by atoms with Crippen LogP contribution in [0.4, 0.5) is 11.5 Å². The molecule has 2 rings (SSSR count). The lowest BCUT2D eigenvalue weighted by Gasteiger charge is -2.09. The van der Waals surface area contributed by atoms with E-state index in [0.29, 0.717) is 12.3 Å². The molecule has 9 heteroatoms. The fourth-order valence-electron chi connectivity index (χ4n) is 2.06. The molecule has 0 aliphatic carbocycles. The Kier molecular flexibility index (Phi) is 5.56. The van der Waals surface area contributed by atoms with Crippen molar-refractivity contribution in [2.45, 2.75) is 25.2 Å². The molecule has 0 saturated carbocycles. The molecule has 0 fully saturated rings. The molecule has 2 N–H and O–H groups in total. The molecule has 0 unspecified atom stereocenters. The van der Waals surface area contributed by atoms with Crippen LogP contribution in [0.2, 0.25) is 0 Å². The quantitative estimate of drug-likeness (QED) is 0.707. The van der Waals surface area contributed by atoms with E-state index in [2.05, 4.69) is 20.2 Å². The van der Waals surface area contributed by atoms with Gasteiger partial charge in [0, 0.05) is 20.3 Å². The van der Waals surface area contributed by atoms with Crippen molar-refractivity contribution >= 4 is 21.5 Å². The first-order valence-electron chi connectivity index (χ1n) is 7.08. The van der Waals surface area contributed by atoms with Crippen LogP contribution in [0.15, 0.2) is 27.7 Å². The zero-order chi connectivity index (χ0) is 16.9. The van der Waals surface area contributed by atoms with Crippen LogP contribution in [0.3, 0.4) is 0 Å². The first kappa shape index (κ1) is 17.2. The molecule has 0 radical (unpaired) electrons. The number of nitrogens with one attached hydrogen (secondary N) is 2. The number of hydrogen-bond acceptors (Lipinski definition) is 7. The van der Waals surface area contributed by atoms with Crippen molar-refractivity contribution in [3.8, 4) is 0 Å². The van der Waals surface area contributed by atoms with Gasteiger partial charge in [0.25, 0.3) is 10.0 Å². The topological polar surface area (TPSA) is 106 Å². The lowest BCUT2D eigenvalue weighted by molar-refractivity contribution is 0.198. The van der Waals surface area contributed by atoms with Gasteiger partial charge in [0.05, 0.1) is 11.9 Å². The van der Waals surface area contributed by atoms with E-state index in [4.69, 9.17) is 9.26 Å². The lowest BCUT2D eigenvalue weighted by Crippen LogP contribution is -2.15. The molecule has 0 amide bonds. The van der Waals surface area contributed by atoms with Gasteiger partial charge in [-0.15, -0.1) is 0 Å². The Labute approximate surface area is 135 Å². The highest BCUT2D eigenvalue weighted by Gasteiger charge is 2.24. The Bertz CT molecular complexity index is 721. The van der Waals surface area contributed by atoms with E-state index in [1.54, 1.807) is 39.3 Å². The summed E-state index contributed by atoms with van der Waals surface area (Å²) in [5, 5.41) is 6.82. The monoisotopic (exact) mass is 340 g/mol. The van der Waals surface area contributed by atoms with Crippen LogP contribution >= 0.6 is 0 Å². The first-order valence-corrected chi connectivity index (χ1v) is 8.57. The van der Waals surface area contributed by atoms with E-state index < -0.39 is 10.0 Å². The Hall–Kier alpha value is -2.13. The largest absolute Gasteiger partial charge is 0.385 e. The maximum Gasteiger partial charge on any atom is 0.268 e. The zero-order valence-corrected chi connectivity index (χ0v) is 14.1. The SMILES string of the molecule is COCCCNc1ccc(NS(=O)(=O)c2c(C)noc2C)nc1. The van der Waals surface area contributed by atoms with Gasteiger partial charge in [-0.3, -0.25) is 4.72 Å². The minimum absolute atomic E-state index is 0.0427. The van der Waals surface area contributed by atoms with Gasteiger partial charge in [0.15, 0.2) is 10.7 Å². The van der Waals surface area contributed by atoms with Crippen molar-refractivity contribution in [1.29, 1.82) is 0 Å². The number of methoxy groups -OCH3 is 1. The normalized spacial score (nSPS) is 11.4. The van der Waals surface area contributed by atoms with Crippen molar-refractivity contribution in [1.82, 2.24) is 10.1 Å². The summed E-state index contributed by atoms with van der Waals surface area (Å²) in [5.74, 6) is 0.471. The number of aryl methyl sites for hydroxylation is 2. The Morgan fingerprint density at radius 3 is 2.65 bits per heavy atom. The Balaban J connectivity index is 2.03. The maximum absolute atomic E-state index is 12.4. The van der Waals surface area contributed by atoms with Crippen LogP contribution in [0.1, 0.15) is 17.9 Å². The second-order valence-electron chi connectivity index (χ2n) is 4.96. The van der Waals surface area contributed by atoms with Gasteiger partial charge in [0.1, 0.15) is 11.5 Å². The lowest BCUT2D eigenvalue weighted by atomic mass is 10.4. The highest BCUT2D eigenvalue weighted by molar-refractivity contribution is 7.92. The number of pyridine rings is 1. The molecule has 0 aliphatic rings. The highest BCUT2D eigenvalue weighted by atomic mass is 32.2. The summed E-state index contributed by atoms with van der Waals surface area (Å²) in [5.41, 5.74) is 1.12. The maximum atomic E-state index is 12.4. The molecule has 2 heterocycles. The van der Waals surface area contributed by atoms with Crippen LogP contribution in [0, 0.1) is 13.8 Å². The van der Waals surface area contributed by atoms with Crippen LogP contribution < -0.4 is 10.0 Å². The summed E-state index contributed by atoms with van der Waals surface area (Å²) < 4.78 is 37.0. The molecule has 126 valence electrons. The van der Waals surface area contributed by atoms with E-state index in [-0.39, 0.29) is 16.5 Å². The Morgan fingerprint density at radius 1 is 1.30 bits per heavy atom. The number of anilines is 2. The van der Waals surface area contributed by atoms with E-state index in [0.717, 1.165) is 18.7 Å². The fourth-order valence-corrected chi connectivity index (χ4v) is 3.40. The summed E-state index contributed by atoms with van der Waals surface area (Å²) in [7, 11) is -2.12. The molecule has 0 aliphatic heterocycles. The molecule has 0 atom stereocenters. The summed E-state index contributed by atoms with van der Waals surface area (Å²) in [6.07, 6.45) is 2.44. The summed E-state index contributed by atoms with van der Waals surface area (Å²) in [6, 6.07) is 3.35. The third-order valence-corrected chi connectivity index (χ3v) is 4.69. The predicted octanol–water partition coefficient (Wildman–Crippen LogP) is 1.94. The predicted molar refractivity (Wildman–Crippen MR) is 86.0 cm³/mol. The molecule has 2 aromatic rings. The molecule has 0 saturated heterocycles. The van der Waals surface area contributed by atoms with Crippen LogP contribution in [0.25, 0.3) is 0 Å². The molecule has 2 aromatic heterocycles. The number of ether oxygens (including phenoxy) is 1. The third kappa shape index (κ3) is 4.42. The summed E-state index contributed by atoms with van der Waals surface area (Å²) in [4.78, 5) is 4.14. The third-order valence-electron chi connectivity index (χ3n) is 3.09. The number of nitrogens with zero attached hydrogens (tertiary/aromatic N) is 2.